The molecule has 0 aromatic carbocycles. The summed E-state index contributed by atoms with van der Waals surface area (Å²) in [7, 11) is -1.49. The smallest absolute Gasteiger partial charge is 0.248 e. The van der Waals surface area contributed by atoms with Crippen molar-refractivity contribution in [3.8, 4) is 0 Å². The first kappa shape index (κ1) is 16.5. The maximum atomic E-state index is 12.9. The normalized spacial score (nSPS) is 22.7. The van der Waals surface area contributed by atoms with E-state index in [1.165, 1.54) is 0 Å². The van der Waals surface area contributed by atoms with Crippen LogP contribution in [0.25, 0.3) is 0 Å². The van der Waals surface area contributed by atoms with E-state index in [2.05, 4.69) is 37.9 Å². The van der Waals surface area contributed by atoms with Crippen LogP contribution in [-0.4, -0.2) is 55.5 Å². The van der Waals surface area contributed by atoms with E-state index in [4.69, 9.17) is 4.52 Å². The molecular weight excluding hydrogens is 290 g/mol. The summed E-state index contributed by atoms with van der Waals surface area (Å²) >= 11 is 0. The molecule has 0 N–H and O–H groups in total. The highest BCUT2D eigenvalue weighted by atomic mass is 32.2. The fourth-order valence-electron chi connectivity index (χ4n) is 2.97. The lowest BCUT2D eigenvalue weighted by molar-refractivity contribution is 0.0671. The van der Waals surface area contributed by atoms with Gasteiger partial charge in [0.15, 0.2) is 5.76 Å². The molecule has 2 rings (SSSR count). The summed E-state index contributed by atoms with van der Waals surface area (Å²) in [6, 6.07) is 0.182. The van der Waals surface area contributed by atoms with Gasteiger partial charge >= 0.3 is 0 Å². The largest absolute Gasteiger partial charge is 0.360 e. The van der Waals surface area contributed by atoms with Crippen molar-refractivity contribution >= 4 is 10.0 Å². The summed E-state index contributed by atoms with van der Waals surface area (Å²) < 4.78 is 32.3. The van der Waals surface area contributed by atoms with Gasteiger partial charge in [0, 0.05) is 25.7 Å². The number of aromatic nitrogens is 1. The Labute approximate surface area is 127 Å². The molecule has 1 fully saturated rings. The van der Waals surface area contributed by atoms with Crippen molar-refractivity contribution in [1.82, 2.24) is 14.4 Å². The zero-order valence-corrected chi connectivity index (χ0v) is 14.5. The van der Waals surface area contributed by atoms with Crippen LogP contribution in [-0.2, 0) is 10.0 Å². The maximum Gasteiger partial charge on any atom is 0.248 e. The van der Waals surface area contributed by atoms with Crippen molar-refractivity contribution in [1.29, 1.82) is 0 Å². The molecule has 1 unspecified atom stereocenters. The number of rotatable bonds is 2. The molecule has 1 aromatic heterocycles. The Morgan fingerprint density at radius 1 is 1.24 bits per heavy atom. The van der Waals surface area contributed by atoms with Crippen LogP contribution in [0.2, 0.25) is 0 Å². The molecule has 0 amide bonds. The number of sulfonamides is 1. The minimum atomic E-state index is -3.55. The van der Waals surface area contributed by atoms with Crippen LogP contribution in [0.3, 0.4) is 0 Å². The molecule has 21 heavy (non-hydrogen) atoms. The number of hydrogen-bond donors (Lipinski definition) is 0. The molecular formula is C14H25N3O3S. The predicted octanol–water partition coefficient (Wildman–Crippen LogP) is 1.64. The number of aryl methyl sites for hydroxylation is 2. The Morgan fingerprint density at radius 3 is 2.33 bits per heavy atom. The van der Waals surface area contributed by atoms with Crippen LogP contribution in [0.4, 0.5) is 0 Å². The minimum absolute atomic E-state index is 0.0156. The molecule has 0 bridgehead atoms. The van der Waals surface area contributed by atoms with Gasteiger partial charge in [0.05, 0.1) is 0 Å². The summed E-state index contributed by atoms with van der Waals surface area (Å²) in [5.41, 5.74) is 0.445. The van der Waals surface area contributed by atoms with Gasteiger partial charge in [-0.05, 0) is 26.3 Å². The van der Waals surface area contributed by atoms with Gasteiger partial charge in [-0.3, -0.25) is 0 Å². The SMILES string of the molecule is Cc1noc(C)c1S(=O)(=O)N1CCN(C)C(C(C)(C)C)C1. The Morgan fingerprint density at radius 2 is 1.86 bits per heavy atom. The minimum Gasteiger partial charge on any atom is -0.360 e. The first-order chi connectivity index (χ1) is 9.55. The van der Waals surface area contributed by atoms with Crippen LogP contribution in [0, 0.1) is 19.3 Å². The van der Waals surface area contributed by atoms with Crippen molar-refractivity contribution < 1.29 is 12.9 Å². The van der Waals surface area contributed by atoms with Crippen molar-refractivity contribution in [3.05, 3.63) is 11.5 Å². The first-order valence-electron chi connectivity index (χ1n) is 7.18. The highest BCUT2D eigenvalue weighted by Gasteiger charge is 2.39. The van der Waals surface area contributed by atoms with E-state index in [0.29, 0.717) is 24.5 Å². The molecule has 0 spiro atoms. The Bertz CT molecular complexity index is 596. The highest BCUT2D eigenvalue weighted by molar-refractivity contribution is 7.89. The molecule has 1 saturated heterocycles. The zero-order chi connectivity index (χ0) is 16.0. The molecule has 1 aliphatic rings. The summed E-state index contributed by atoms with van der Waals surface area (Å²) in [4.78, 5) is 2.46. The molecule has 1 aromatic rings. The first-order valence-corrected chi connectivity index (χ1v) is 8.62. The average Bonchev–Trinajstić information content (AvgIpc) is 2.68. The molecule has 0 saturated carbocycles. The molecule has 0 aliphatic carbocycles. The number of likely N-dealkylation sites (N-methyl/N-ethyl adjacent to an activating group) is 1. The van der Waals surface area contributed by atoms with Crippen molar-refractivity contribution in [2.75, 3.05) is 26.7 Å². The molecule has 7 heteroatoms. The quantitative estimate of drug-likeness (QED) is 0.830. The maximum absolute atomic E-state index is 12.9. The Balaban J connectivity index is 2.34. The van der Waals surface area contributed by atoms with Gasteiger partial charge in [-0.15, -0.1) is 0 Å². The third-order valence-electron chi connectivity index (χ3n) is 4.18. The summed E-state index contributed by atoms with van der Waals surface area (Å²) in [6.45, 7) is 11.4. The van der Waals surface area contributed by atoms with Crippen molar-refractivity contribution in [3.63, 3.8) is 0 Å². The second-order valence-corrected chi connectivity index (χ2v) is 8.75. The average molecular weight is 315 g/mol. The number of piperazine rings is 1. The van der Waals surface area contributed by atoms with E-state index in [0.717, 1.165) is 6.54 Å². The number of nitrogens with zero attached hydrogens (tertiary/aromatic N) is 3. The van der Waals surface area contributed by atoms with Gasteiger partial charge in [-0.25, -0.2) is 8.42 Å². The summed E-state index contributed by atoms with van der Waals surface area (Å²) in [5, 5.41) is 3.77. The monoisotopic (exact) mass is 315 g/mol. The van der Waals surface area contributed by atoms with Gasteiger partial charge in [0.1, 0.15) is 10.6 Å². The fraction of sp³-hybridized carbons (Fsp3) is 0.786. The summed E-state index contributed by atoms with van der Waals surface area (Å²) in [6.07, 6.45) is 0. The van der Waals surface area contributed by atoms with E-state index < -0.39 is 10.0 Å². The van der Waals surface area contributed by atoms with Crippen LogP contribution >= 0.6 is 0 Å². The van der Waals surface area contributed by atoms with Crippen LogP contribution < -0.4 is 0 Å². The zero-order valence-electron chi connectivity index (χ0n) is 13.7. The standard InChI is InChI=1S/C14H25N3O3S/c1-10-13(11(2)20-15-10)21(18,19)17-8-7-16(6)12(9-17)14(3,4)5/h12H,7-9H2,1-6H3. The lowest BCUT2D eigenvalue weighted by Gasteiger charge is -2.45. The molecule has 1 atom stereocenters. The van der Waals surface area contributed by atoms with Crippen LogP contribution in [0.15, 0.2) is 9.42 Å². The van der Waals surface area contributed by atoms with Gasteiger partial charge in [0.2, 0.25) is 10.0 Å². The molecule has 1 aliphatic heterocycles. The Hall–Kier alpha value is -0.920. The van der Waals surface area contributed by atoms with Gasteiger partial charge < -0.3 is 9.42 Å². The van der Waals surface area contributed by atoms with Crippen LogP contribution in [0.5, 0.6) is 0 Å². The summed E-state index contributed by atoms with van der Waals surface area (Å²) in [5.74, 6) is 0.360. The van der Waals surface area contributed by atoms with Gasteiger partial charge in [-0.1, -0.05) is 25.9 Å². The highest BCUT2D eigenvalue weighted by Crippen LogP contribution is 2.30. The van der Waals surface area contributed by atoms with E-state index in [-0.39, 0.29) is 16.4 Å². The van der Waals surface area contributed by atoms with E-state index in [9.17, 15) is 8.42 Å². The Kier molecular flexibility index (Phi) is 4.21. The molecule has 2 heterocycles. The lowest BCUT2D eigenvalue weighted by Crippen LogP contribution is -2.57. The second-order valence-electron chi connectivity index (χ2n) is 6.88. The fourth-order valence-corrected chi connectivity index (χ4v) is 4.70. The molecule has 0 radical (unpaired) electrons. The third kappa shape index (κ3) is 3.00. The second kappa shape index (κ2) is 5.37. The van der Waals surface area contributed by atoms with Crippen molar-refractivity contribution in [2.45, 2.75) is 45.6 Å². The third-order valence-corrected chi connectivity index (χ3v) is 6.29. The van der Waals surface area contributed by atoms with E-state index >= 15 is 0 Å². The van der Waals surface area contributed by atoms with Crippen LogP contribution in [0.1, 0.15) is 32.2 Å². The van der Waals surface area contributed by atoms with E-state index in [1.807, 2.05) is 0 Å². The van der Waals surface area contributed by atoms with Gasteiger partial charge in [0.25, 0.3) is 0 Å². The number of hydrogen-bond acceptors (Lipinski definition) is 5. The molecule has 120 valence electrons. The van der Waals surface area contributed by atoms with E-state index in [1.54, 1.807) is 18.2 Å². The van der Waals surface area contributed by atoms with Gasteiger partial charge in [-0.2, -0.15) is 4.31 Å². The molecule has 6 nitrogen and oxygen atoms in total. The topological polar surface area (TPSA) is 66.7 Å². The predicted molar refractivity (Wildman–Crippen MR) is 80.6 cm³/mol. The lowest BCUT2D eigenvalue weighted by atomic mass is 9.85. The van der Waals surface area contributed by atoms with Crippen molar-refractivity contribution in [2.24, 2.45) is 5.41 Å².